The summed E-state index contributed by atoms with van der Waals surface area (Å²) in [6.07, 6.45) is -4.60. The second-order valence-corrected chi connectivity index (χ2v) is 9.07. The summed E-state index contributed by atoms with van der Waals surface area (Å²) in [6.45, 7) is 7.17. The third-order valence-corrected chi connectivity index (χ3v) is 6.63. The van der Waals surface area contributed by atoms with E-state index in [1.54, 1.807) is 26.0 Å². The highest BCUT2D eigenvalue weighted by Crippen LogP contribution is 2.31. The van der Waals surface area contributed by atoms with Gasteiger partial charge in [-0.3, -0.25) is 14.5 Å². The van der Waals surface area contributed by atoms with Crippen LogP contribution in [-0.4, -0.2) is 87.0 Å². The number of nitrogens with zero attached hydrogens (tertiary/aromatic N) is 2. The van der Waals surface area contributed by atoms with E-state index < -0.39 is 48.6 Å². The molecule has 0 saturated carbocycles. The molecule has 1 unspecified atom stereocenters. The Morgan fingerprint density at radius 1 is 1.03 bits per heavy atom. The van der Waals surface area contributed by atoms with Crippen LogP contribution in [-0.2, 0) is 14.3 Å². The molecule has 2 amide bonds. The molecule has 0 aliphatic carbocycles. The molecule has 6 atom stereocenters. The molecule has 0 radical (unpaired) electrons. The first kappa shape index (κ1) is 25.7. The number of hydrogen-bond donors (Lipinski definition) is 4. The van der Waals surface area contributed by atoms with Crippen molar-refractivity contribution in [3.05, 3.63) is 29.3 Å². The fourth-order valence-electron chi connectivity index (χ4n) is 4.73. The monoisotopic (exact) mass is 464 g/mol. The number of hydrogen-bond acceptors (Lipinski definition) is 8. The van der Waals surface area contributed by atoms with Crippen molar-refractivity contribution in [2.75, 3.05) is 18.0 Å². The number of unbranched alkanes of at least 4 members (excludes halogenated alkanes) is 1. The maximum atomic E-state index is 13.9. The first-order chi connectivity index (χ1) is 15.7. The van der Waals surface area contributed by atoms with E-state index in [1.807, 2.05) is 6.07 Å². The van der Waals surface area contributed by atoms with Gasteiger partial charge in [0, 0.05) is 0 Å². The van der Waals surface area contributed by atoms with Gasteiger partial charge in [0.25, 0.3) is 11.8 Å². The summed E-state index contributed by atoms with van der Waals surface area (Å²) in [5.41, 5.74) is 1.79. The second-order valence-electron chi connectivity index (χ2n) is 9.07. The molecule has 0 aromatic heterocycles. The van der Waals surface area contributed by atoms with Crippen LogP contribution in [0.25, 0.3) is 0 Å². The molecular formula is C24H36N2O7. The first-order valence-electron chi connectivity index (χ1n) is 11.7. The number of benzene rings is 1. The Kier molecular flexibility index (Phi) is 8.60. The molecule has 9 heteroatoms. The van der Waals surface area contributed by atoms with E-state index >= 15 is 0 Å². The number of imide groups is 1. The van der Waals surface area contributed by atoms with Gasteiger partial charge in [0.15, 0.2) is 12.4 Å². The van der Waals surface area contributed by atoms with Gasteiger partial charge in [-0.15, -0.1) is 0 Å². The SMILES string of the molecule is CCCCN1CCCCC1C(=O)N(C(=O)[C@H]1O[C@@H](O)[C@H](O)[C@@H](O)[C@@H]1O)c1c(C)cccc1C. The molecule has 0 spiro atoms. The summed E-state index contributed by atoms with van der Waals surface area (Å²) >= 11 is 0. The maximum Gasteiger partial charge on any atom is 0.265 e. The molecule has 3 rings (SSSR count). The summed E-state index contributed by atoms with van der Waals surface area (Å²) in [5.74, 6) is -1.30. The fourth-order valence-corrected chi connectivity index (χ4v) is 4.73. The number of rotatable bonds is 6. The number of ether oxygens (including phenoxy) is 1. The van der Waals surface area contributed by atoms with E-state index in [4.69, 9.17) is 4.74 Å². The predicted molar refractivity (Wildman–Crippen MR) is 121 cm³/mol. The highest BCUT2D eigenvalue weighted by Gasteiger charge is 2.49. The number of piperidine rings is 1. The van der Waals surface area contributed by atoms with Crippen LogP contribution >= 0.6 is 0 Å². The van der Waals surface area contributed by atoms with E-state index in [0.29, 0.717) is 23.2 Å². The molecule has 0 bridgehead atoms. The van der Waals surface area contributed by atoms with Gasteiger partial charge < -0.3 is 25.2 Å². The van der Waals surface area contributed by atoms with Crippen LogP contribution in [0.4, 0.5) is 5.69 Å². The van der Waals surface area contributed by atoms with E-state index in [2.05, 4.69) is 11.8 Å². The van der Waals surface area contributed by atoms with Crippen LogP contribution in [0, 0.1) is 13.8 Å². The zero-order valence-corrected chi connectivity index (χ0v) is 19.6. The third kappa shape index (κ3) is 5.29. The van der Waals surface area contributed by atoms with E-state index in [-0.39, 0.29) is 0 Å². The van der Waals surface area contributed by atoms with Gasteiger partial charge in [-0.05, 0) is 57.3 Å². The quantitative estimate of drug-likeness (QED) is 0.451. The molecule has 9 nitrogen and oxygen atoms in total. The van der Waals surface area contributed by atoms with E-state index in [1.165, 1.54) is 0 Å². The normalized spacial score (nSPS) is 30.8. The summed E-state index contributed by atoms with van der Waals surface area (Å²) in [5, 5.41) is 40.4. The van der Waals surface area contributed by atoms with Crippen molar-refractivity contribution in [3.8, 4) is 0 Å². The number of aryl methyl sites for hydroxylation is 2. The lowest BCUT2D eigenvalue weighted by atomic mass is 9.95. The summed E-state index contributed by atoms with van der Waals surface area (Å²) < 4.78 is 5.19. The van der Waals surface area contributed by atoms with E-state index in [9.17, 15) is 30.0 Å². The Hall–Kier alpha value is -1.88. The Balaban J connectivity index is 2.01. The highest BCUT2D eigenvalue weighted by molar-refractivity contribution is 6.19. The number of likely N-dealkylation sites (tertiary alicyclic amines) is 1. The Morgan fingerprint density at radius 2 is 1.70 bits per heavy atom. The van der Waals surface area contributed by atoms with Crippen molar-refractivity contribution < 1.29 is 34.8 Å². The lowest BCUT2D eigenvalue weighted by Gasteiger charge is -2.41. The molecule has 2 saturated heterocycles. The molecule has 33 heavy (non-hydrogen) atoms. The topological polar surface area (TPSA) is 131 Å². The van der Waals surface area contributed by atoms with Crippen LogP contribution in [0.5, 0.6) is 0 Å². The summed E-state index contributed by atoms with van der Waals surface area (Å²) in [4.78, 5) is 30.8. The van der Waals surface area contributed by atoms with Crippen molar-refractivity contribution in [1.82, 2.24) is 4.90 Å². The van der Waals surface area contributed by atoms with Gasteiger partial charge in [-0.2, -0.15) is 0 Å². The number of aliphatic hydroxyl groups is 4. The van der Waals surface area contributed by atoms with Crippen LogP contribution in [0.3, 0.4) is 0 Å². The van der Waals surface area contributed by atoms with Crippen molar-refractivity contribution >= 4 is 17.5 Å². The largest absolute Gasteiger partial charge is 0.387 e. The molecule has 2 aliphatic heterocycles. The number of amides is 2. The zero-order valence-electron chi connectivity index (χ0n) is 19.6. The number of para-hydroxylation sites is 1. The fraction of sp³-hybridized carbons (Fsp3) is 0.667. The van der Waals surface area contributed by atoms with Gasteiger partial charge in [-0.1, -0.05) is 38.0 Å². The minimum Gasteiger partial charge on any atom is -0.387 e. The minimum absolute atomic E-state index is 0.402. The van der Waals surface area contributed by atoms with Crippen LogP contribution in [0.1, 0.15) is 50.2 Å². The average molecular weight is 465 g/mol. The molecule has 4 N–H and O–H groups in total. The van der Waals surface area contributed by atoms with Crippen molar-refractivity contribution in [3.63, 3.8) is 0 Å². The number of anilines is 1. The zero-order chi connectivity index (χ0) is 24.3. The molecular weight excluding hydrogens is 428 g/mol. The minimum atomic E-state index is -1.87. The van der Waals surface area contributed by atoms with Crippen molar-refractivity contribution in [2.45, 2.75) is 89.6 Å². The number of carbonyl (C=O) groups excluding carboxylic acids is 2. The average Bonchev–Trinajstić information content (AvgIpc) is 2.80. The molecule has 2 heterocycles. The highest BCUT2D eigenvalue weighted by atomic mass is 16.6. The van der Waals surface area contributed by atoms with Gasteiger partial charge in [0.1, 0.15) is 18.3 Å². The summed E-state index contributed by atoms with van der Waals surface area (Å²) in [7, 11) is 0. The van der Waals surface area contributed by atoms with Crippen molar-refractivity contribution in [1.29, 1.82) is 0 Å². The number of carbonyl (C=O) groups is 2. The van der Waals surface area contributed by atoms with E-state index in [0.717, 1.165) is 43.7 Å². The molecule has 1 aromatic carbocycles. The lowest BCUT2D eigenvalue weighted by Crippen LogP contribution is -2.64. The standard InChI is InChI=1S/C24H36N2O7/c1-4-5-12-25-13-7-6-11-16(25)22(30)26(17-14(2)9-8-10-15(17)3)23(31)21-19(28)18(27)20(29)24(32)33-21/h8-10,16,18-21,24,27-29,32H,4-7,11-13H2,1-3H3/t16?,18-,19-,20+,21-,24+/m0/s1. The van der Waals surface area contributed by atoms with Crippen LogP contribution in [0.15, 0.2) is 18.2 Å². The third-order valence-electron chi connectivity index (χ3n) is 6.63. The summed E-state index contributed by atoms with van der Waals surface area (Å²) in [6, 6.07) is 4.90. The van der Waals surface area contributed by atoms with Gasteiger partial charge in [-0.25, -0.2) is 4.90 Å². The second kappa shape index (κ2) is 11.0. The first-order valence-corrected chi connectivity index (χ1v) is 11.7. The van der Waals surface area contributed by atoms with Crippen LogP contribution in [0.2, 0.25) is 0 Å². The molecule has 2 fully saturated rings. The Bertz CT molecular complexity index is 828. The predicted octanol–water partition coefficient (Wildman–Crippen LogP) is 0.618. The van der Waals surface area contributed by atoms with Gasteiger partial charge in [0.2, 0.25) is 0 Å². The number of aliphatic hydroxyl groups excluding tert-OH is 4. The van der Waals surface area contributed by atoms with Gasteiger partial charge >= 0.3 is 0 Å². The Morgan fingerprint density at radius 3 is 2.33 bits per heavy atom. The maximum absolute atomic E-state index is 13.9. The van der Waals surface area contributed by atoms with Crippen molar-refractivity contribution in [2.24, 2.45) is 0 Å². The van der Waals surface area contributed by atoms with Crippen LogP contribution < -0.4 is 4.90 Å². The lowest BCUT2D eigenvalue weighted by molar-refractivity contribution is -0.275. The molecule has 1 aromatic rings. The Labute approximate surface area is 194 Å². The smallest absolute Gasteiger partial charge is 0.265 e. The molecule has 184 valence electrons. The van der Waals surface area contributed by atoms with Gasteiger partial charge in [0.05, 0.1) is 11.7 Å². The molecule has 2 aliphatic rings.